The smallest absolute Gasteiger partial charge is 0.315 e. The van der Waals surface area contributed by atoms with Crippen LogP contribution >= 0.6 is 0 Å². The molecule has 1 aliphatic carbocycles. The lowest BCUT2D eigenvalue weighted by Crippen LogP contribution is -2.33. The molecule has 27 heavy (non-hydrogen) atoms. The highest BCUT2D eigenvalue weighted by molar-refractivity contribution is 6.06. The van der Waals surface area contributed by atoms with Crippen molar-refractivity contribution in [1.82, 2.24) is 0 Å². The van der Waals surface area contributed by atoms with Crippen molar-refractivity contribution in [2.45, 2.75) is 19.8 Å². The van der Waals surface area contributed by atoms with Crippen LogP contribution in [-0.2, 0) is 9.59 Å². The number of esters is 1. The third-order valence-electron chi connectivity index (χ3n) is 5.22. The van der Waals surface area contributed by atoms with Crippen molar-refractivity contribution < 1.29 is 19.4 Å². The molecule has 4 nitrogen and oxygen atoms in total. The van der Waals surface area contributed by atoms with Gasteiger partial charge in [0.05, 0.1) is 11.8 Å². The number of fused-ring (bicyclic) bond motifs is 2. The van der Waals surface area contributed by atoms with Crippen molar-refractivity contribution in [3.8, 4) is 5.75 Å². The summed E-state index contributed by atoms with van der Waals surface area (Å²) in [4.78, 5) is 24.5. The molecule has 2 atom stereocenters. The number of carbonyl (C=O) groups excluding carboxylic acids is 1. The van der Waals surface area contributed by atoms with E-state index in [1.807, 2.05) is 55.5 Å². The number of rotatable bonds is 3. The van der Waals surface area contributed by atoms with E-state index in [0.717, 1.165) is 27.1 Å². The van der Waals surface area contributed by atoms with Crippen LogP contribution in [0, 0.1) is 18.8 Å². The van der Waals surface area contributed by atoms with E-state index in [1.54, 1.807) is 0 Å². The standard InChI is InChI=1S/C23H20O4/c1-14-10-11-18-16(12-14)13-15-6-2-3-7-17(15)21(18)27-23(26)20-9-5-4-8-19(20)22(24)25/h2-7,10-13,19-20H,8-9H2,1H3,(H,24,25). The van der Waals surface area contributed by atoms with E-state index in [9.17, 15) is 14.7 Å². The number of hydrogen-bond donors (Lipinski definition) is 1. The Kier molecular flexibility index (Phi) is 4.40. The Labute approximate surface area is 157 Å². The zero-order chi connectivity index (χ0) is 19.0. The fourth-order valence-corrected chi connectivity index (χ4v) is 3.78. The number of carboxylic acid groups (broad SMARTS) is 1. The maximum atomic E-state index is 12.9. The molecule has 0 radical (unpaired) electrons. The molecule has 0 aromatic heterocycles. The minimum atomic E-state index is -0.959. The Bertz CT molecular complexity index is 1080. The van der Waals surface area contributed by atoms with Gasteiger partial charge in [-0.25, -0.2) is 0 Å². The number of ether oxygens (including phenoxy) is 1. The van der Waals surface area contributed by atoms with Gasteiger partial charge in [-0.3, -0.25) is 9.59 Å². The van der Waals surface area contributed by atoms with Gasteiger partial charge in [0, 0.05) is 10.8 Å². The first kappa shape index (κ1) is 17.3. The molecular weight excluding hydrogens is 340 g/mol. The van der Waals surface area contributed by atoms with Crippen molar-refractivity contribution in [1.29, 1.82) is 0 Å². The Morgan fingerprint density at radius 2 is 1.63 bits per heavy atom. The second-order valence-electron chi connectivity index (χ2n) is 7.07. The van der Waals surface area contributed by atoms with E-state index >= 15 is 0 Å². The predicted octanol–water partition coefficient (Wildman–Crippen LogP) is 4.87. The van der Waals surface area contributed by atoms with Gasteiger partial charge in [-0.1, -0.05) is 60.2 Å². The zero-order valence-electron chi connectivity index (χ0n) is 15.0. The van der Waals surface area contributed by atoms with Gasteiger partial charge in [-0.05, 0) is 36.6 Å². The van der Waals surface area contributed by atoms with Gasteiger partial charge in [-0.15, -0.1) is 0 Å². The van der Waals surface area contributed by atoms with Crippen molar-refractivity contribution in [2.24, 2.45) is 11.8 Å². The Morgan fingerprint density at radius 1 is 0.926 bits per heavy atom. The first-order valence-corrected chi connectivity index (χ1v) is 9.06. The van der Waals surface area contributed by atoms with Crippen LogP contribution in [0.4, 0.5) is 0 Å². The van der Waals surface area contributed by atoms with Gasteiger partial charge >= 0.3 is 11.9 Å². The maximum Gasteiger partial charge on any atom is 0.315 e. The van der Waals surface area contributed by atoms with E-state index in [4.69, 9.17) is 4.74 Å². The Hall–Kier alpha value is -3.14. The molecule has 4 heteroatoms. The number of aliphatic carboxylic acids is 1. The van der Waals surface area contributed by atoms with Gasteiger partial charge in [0.25, 0.3) is 0 Å². The number of carbonyl (C=O) groups is 2. The van der Waals surface area contributed by atoms with Crippen LogP contribution in [0.3, 0.4) is 0 Å². The Balaban J connectivity index is 1.81. The molecule has 0 saturated carbocycles. The molecule has 2 unspecified atom stereocenters. The first-order chi connectivity index (χ1) is 13.0. The second kappa shape index (κ2) is 6.88. The highest BCUT2D eigenvalue weighted by Gasteiger charge is 2.35. The van der Waals surface area contributed by atoms with Crippen LogP contribution < -0.4 is 4.74 Å². The molecule has 0 fully saturated rings. The summed E-state index contributed by atoms with van der Waals surface area (Å²) in [6.45, 7) is 2.02. The van der Waals surface area contributed by atoms with Gasteiger partial charge < -0.3 is 9.84 Å². The molecule has 136 valence electrons. The average Bonchev–Trinajstić information content (AvgIpc) is 2.67. The topological polar surface area (TPSA) is 63.6 Å². The zero-order valence-corrected chi connectivity index (χ0v) is 15.0. The average molecular weight is 360 g/mol. The number of aryl methyl sites for hydroxylation is 1. The summed E-state index contributed by atoms with van der Waals surface area (Å²) >= 11 is 0. The molecule has 0 aliphatic heterocycles. The third kappa shape index (κ3) is 3.19. The molecule has 0 saturated heterocycles. The number of benzene rings is 3. The minimum Gasteiger partial charge on any atom is -0.481 e. The van der Waals surface area contributed by atoms with Crippen molar-refractivity contribution >= 4 is 33.5 Å². The van der Waals surface area contributed by atoms with E-state index < -0.39 is 23.8 Å². The second-order valence-corrected chi connectivity index (χ2v) is 7.07. The molecule has 0 bridgehead atoms. The normalized spacial score (nSPS) is 19.3. The molecule has 0 amide bonds. The van der Waals surface area contributed by atoms with E-state index in [1.165, 1.54) is 0 Å². The van der Waals surface area contributed by atoms with Gasteiger partial charge in [-0.2, -0.15) is 0 Å². The lowest BCUT2D eigenvalue weighted by Gasteiger charge is -2.24. The lowest BCUT2D eigenvalue weighted by atomic mass is 9.83. The van der Waals surface area contributed by atoms with Crippen molar-refractivity contribution in [2.75, 3.05) is 0 Å². The summed E-state index contributed by atoms with van der Waals surface area (Å²) in [5, 5.41) is 13.1. The van der Waals surface area contributed by atoms with Crippen LogP contribution in [-0.4, -0.2) is 17.0 Å². The number of carboxylic acids is 1. The SMILES string of the molecule is Cc1ccc2c(OC(=O)C3CC=CCC3C(=O)O)c3ccccc3cc2c1. The summed E-state index contributed by atoms with van der Waals surface area (Å²) in [5.41, 5.74) is 1.12. The maximum absolute atomic E-state index is 12.9. The quantitative estimate of drug-likeness (QED) is 0.313. The first-order valence-electron chi connectivity index (χ1n) is 9.06. The summed E-state index contributed by atoms with van der Waals surface area (Å²) in [6, 6.07) is 15.8. The summed E-state index contributed by atoms with van der Waals surface area (Å²) in [7, 11) is 0. The highest BCUT2D eigenvalue weighted by atomic mass is 16.5. The summed E-state index contributed by atoms with van der Waals surface area (Å²) in [5.74, 6) is -2.35. The van der Waals surface area contributed by atoms with Crippen molar-refractivity contribution in [3.05, 3.63) is 66.2 Å². The summed E-state index contributed by atoms with van der Waals surface area (Å²) < 4.78 is 5.86. The van der Waals surface area contributed by atoms with Crippen molar-refractivity contribution in [3.63, 3.8) is 0 Å². The molecule has 3 aromatic carbocycles. The number of hydrogen-bond acceptors (Lipinski definition) is 3. The molecule has 1 aliphatic rings. The van der Waals surface area contributed by atoms with Gasteiger partial charge in [0.15, 0.2) is 0 Å². The largest absolute Gasteiger partial charge is 0.481 e. The third-order valence-corrected chi connectivity index (χ3v) is 5.22. The van der Waals surface area contributed by atoms with E-state index in [2.05, 4.69) is 12.1 Å². The van der Waals surface area contributed by atoms with Crippen LogP contribution in [0.15, 0.2) is 60.7 Å². The Morgan fingerprint density at radius 3 is 2.41 bits per heavy atom. The molecule has 4 rings (SSSR count). The fourth-order valence-electron chi connectivity index (χ4n) is 3.78. The van der Waals surface area contributed by atoms with Gasteiger partial charge in [0.2, 0.25) is 0 Å². The molecule has 3 aromatic rings. The molecule has 0 spiro atoms. The van der Waals surface area contributed by atoms with E-state index in [0.29, 0.717) is 18.6 Å². The fraction of sp³-hybridized carbons (Fsp3) is 0.217. The van der Waals surface area contributed by atoms with Crippen LogP contribution in [0.25, 0.3) is 21.5 Å². The molecule has 1 N–H and O–H groups in total. The summed E-state index contributed by atoms with van der Waals surface area (Å²) in [6.07, 6.45) is 4.41. The number of allylic oxidation sites excluding steroid dienone is 2. The molecular formula is C23H20O4. The van der Waals surface area contributed by atoms with Crippen LogP contribution in [0.2, 0.25) is 0 Å². The monoisotopic (exact) mass is 360 g/mol. The minimum absolute atomic E-state index is 0.352. The molecule has 0 heterocycles. The van der Waals surface area contributed by atoms with Gasteiger partial charge in [0.1, 0.15) is 5.75 Å². The predicted molar refractivity (Wildman–Crippen MR) is 105 cm³/mol. The van der Waals surface area contributed by atoms with Crippen LogP contribution in [0.5, 0.6) is 5.75 Å². The van der Waals surface area contributed by atoms with E-state index in [-0.39, 0.29) is 0 Å². The lowest BCUT2D eigenvalue weighted by molar-refractivity contribution is -0.152. The van der Waals surface area contributed by atoms with Crippen LogP contribution in [0.1, 0.15) is 18.4 Å². The highest BCUT2D eigenvalue weighted by Crippen LogP contribution is 2.37.